The molecule has 1 aromatic heterocycles. The third-order valence-corrected chi connectivity index (χ3v) is 4.10. The SMILES string of the molecule is COCCOc1ccc(NC(=O)NCc2cccc(Cn3ccnc3)c2)cc1F. The van der Waals surface area contributed by atoms with Crippen molar-refractivity contribution < 1.29 is 18.7 Å². The predicted molar refractivity (Wildman–Crippen MR) is 107 cm³/mol. The van der Waals surface area contributed by atoms with Gasteiger partial charge in [0, 0.05) is 44.3 Å². The first kappa shape index (κ1) is 20.3. The molecule has 29 heavy (non-hydrogen) atoms. The number of ether oxygens (including phenoxy) is 2. The Bertz CT molecular complexity index is 931. The van der Waals surface area contributed by atoms with E-state index in [2.05, 4.69) is 15.6 Å². The van der Waals surface area contributed by atoms with E-state index < -0.39 is 11.8 Å². The standard InChI is InChI=1S/C21H23FN4O3/c1-28-9-10-29-20-6-5-18(12-19(20)22)25-21(27)24-13-16-3-2-4-17(11-16)14-26-8-7-23-15-26/h2-8,11-12,15H,9-10,13-14H2,1H3,(H2,24,25,27). The summed E-state index contributed by atoms with van der Waals surface area (Å²) in [5.41, 5.74) is 2.41. The van der Waals surface area contributed by atoms with Crippen LogP contribution in [0.2, 0.25) is 0 Å². The fraction of sp³-hybridized carbons (Fsp3) is 0.238. The largest absolute Gasteiger partial charge is 0.488 e. The monoisotopic (exact) mass is 398 g/mol. The number of anilines is 1. The Morgan fingerprint density at radius 2 is 2.03 bits per heavy atom. The molecule has 0 saturated carbocycles. The Hall–Kier alpha value is -3.39. The van der Waals surface area contributed by atoms with Gasteiger partial charge in [-0.05, 0) is 23.3 Å². The van der Waals surface area contributed by atoms with Gasteiger partial charge >= 0.3 is 6.03 Å². The Kier molecular flexibility index (Phi) is 7.18. The van der Waals surface area contributed by atoms with E-state index >= 15 is 0 Å². The van der Waals surface area contributed by atoms with Crippen LogP contribution in [0.5, 0.6) is 5.75 Å². The van der Waals surface area contributed by atoms with Gasteiger partial charge in [0.25, 0.3) is 0 Å². The molecule has 2 aromatic carbocycles. The number of urea groups is 1. The van der Waals surface area contributed by atoms with Gasteiger partial charge in [-0.15, -0.1) is 0 Å². The smallest absolute Gasteiger partial charge is 0.319 e. The third-order valence-electron chi connectivity index (χ3n) is 4.10. The molecule has 0 saturated heterocycles. The van der Waals surface area contributed by atoms with Crippen LogP contribution in [-0.4, -0.2) is 35.9 Å². The molecule has 0 aliphatic carbocycles. The summed E-state index contributed by atoms with van der Waals surface area (Å²) in [6.07, 6.45) is 5.38. The van der Waals surface area contributed by atoms with Gasteiger partial charge in [-0.2, -0.15) is 0 Å². The molecule has 0 atom stereocenters. The van der Waals surface area contributed by atoms with Crippen LogP contribution in [0.3, 0.4) is 0 Å². The summed E-state index contributed by atoms with van der Waals surface area (Å²) < 4.78 is 26.1. The maximum Gasteiger partial charge on any atom is 0.319 e. The number of carbonyl (C=O) groups is 1. The van der Waals surface area contributed by atoms with E-state index in [1.807, 2.05) is 35.0 Å². The zero-order chi connectivity index (χ0) is 20.5. The van der Waals surface area contributed by atoms with Crippen molar-refractivity contribution in [2.24, 2.45) is 0 Å². The molecule has 0 bridgehead atoms. The summed E-state index contributed by atoms with van der Waals surface area (Å²) >= 11 is 0. The first-order valence-electron chi connectivity index (χ1n) is 9.14. The van der Waals surface area contributed by atoms with Crippen LogP contribution in [0, 0.1) is 5.82 Å². The van der Waals surface area contributed by atoms with Gasteiger partial charge in [-0.25, -0.2) is 14.2 Å². The van der Waals surface area contributed by atoms with Crippen LogP contribution in [-0.2, 0) is 17.8 Å². The molecule has 2 N–H and O–H groups in total. The second-order valence-electron chi connectivity index (χ2n) is 6.35. The van der Waals surface area contributed by atoms with Gasteiger partial charge in [0.1, 0.15) is 6.61 Å². The lowest BCUT2D eigenvalue weighted by Crippen LogP contribution is -2.28. The molecule has 0 radical (unpaired) electrons. The van der Waals surface area contributed by atoms with Crippen molar-refractivity contribution in [2.45, 2.75) is 13.1 Å². The van der Waals surface area contributed by atoms with Gasteiger partial charge in [0.2, 0.25) is 0 Å². The summed E-state index contributed by atoms with van der Waals surface area (Å²) in [5.74, 6) is -0.436. The number of hydrogen-bond acceptors (Lipinski definition) is 4. The lowest BCUT2D eigenvalue weighted by atomic mass is 10.1. The van der Waals surface area contributed by atoms with Crippen molar-refractivity contribution in [1.29, 1.82) is 0 Å². The number of rotatable bonds is 9. The van der Waals surface area contributed by atoms with Gasteiger partial charge in [0.05, 0.1) is 12.9 Å². The molecule has 3 rings (SSSR count). The molecule has 0 unspecified atom stereocenters. The highest BCUT2D eigenvalue weighted by atomic mass is 19.1. The molecule has 0 fully saturated rings. The Morgan fingerprint density at radius 3 is 2.79 bits per heavy atom. The zero-order valence-electron chi connectivity index (χ0n) is 16.1. The highest BCUT2D eigenvalue weighted by molar-refractivity contribution is 5.89. The highest BCUT2D eigenvalue weighted by Gasteiger charge is 2.08. The maximum atomic E-state index is 14.0. The van der Waals surface area contributed by atoms with Gasteiger partial charge < -0.3 is 24.7 Å². The van der Waals surface area contributed by atoms with Gasteiger partial charge in [-0.3, -0.25) is 0 Å². The molecule has 152 valence electrons. The molecular formula is C21H23FN4O3. The molecule has 1 heterocycles. The number of halogens is 1. The number of aromatic nitrogens is 2. The minimum atomic E-state index is -0.550. The van der Waals surface area contributed by atoms with Crippen molar-refractivity contribution in [3.8, 4) is 5.75 Å². The average Bonchev–Trinajstić information content (AvgIpc) is 3.21. The summed E-state index contributed by atoms with van der Waals surface area (Å²) in [5, 5.41) is 5.39. The van der Waals surface area contributed by atoms with E-state index in [1.165, 1.54) is 12.1 Å². The fourth-order valence-electron chi connectivity index (χ4n) is 2.72. The first-order chi connectivity index (χ1) is 14.1. The molecule has 7 nitrogen and oxygen atoms in total. The first-order valence-corrected chi connectivity index (χ1v) is 9.14. The minimum Gasteiger partial charge on any atom is -0.488 e. The van der Waals surface area contributed by atoms with Gasteiger partial charge in [0.15, 0.2) is 11.6 Å². The van der Waals surface area contributed by atoms with E-state index in [4.69, 9.17) is 9.47 Å². The molecular weight excluding hydrogens is 375 g/mol. The van der Waals surface area contributed by atoms with Crippen LogP contribution in [0.4, 0.5) is 14.9 Å². The van der Waals surface area contributed by atoms with E-state index in [0.29, 0.717) is 25.4 Å². The third kappa shape index (κ3) is 6.32. The Labute approximate surface area is 168 Å². The van der Waals surface area contributed by atoms with Crippen LogP contribution in [0.1, 0.15) is 11.1 Å². The van der Waals surface area contributed by atoms with Crippen molar-refractivity contribution in [3.05, 3.63) is 78.1 Å². The van der Waals surface area contributed by atoms with Gasteiger partial charge in [-0.1, -0.05) is 24.3 Å². The number of nitrogens with one attached hydrogen (secondary N) is 2. The summed E-state index contributed by atoms with van der Waals surface area (Å²) in [4.78, 5) is 16.2. The van der Waals surface area contributed by atoms with Crippen LogP contribution in [0.25, 0.3) is 0 Å². The number of amides is 2. The molecule has 0 aliphatic rings. The fourth-order valence-corrected chi connectivity index (χ4v) is 2.72. The summed E-state index contributed by atoms with van der Waals surface area (Å²) in [6.45, 7) is 1.67. The maximum absolute atomic E-state index is 14.0. The molecule has 0 aliphatic heterocycles. The summed E-state index contributed by atoms with van der Waals surface area (Å²) in [7, 11) is 1.54. The van der Waals surface area contributed by atoms with Crippen LogP contribution in [0.15, 0.2) is 61.2 Å². The predicted octanol–water partition coefficient (Wildman–Crippen LogP) is 3.42. The van der Waals surface area contributed by atoms with E-state index in [9.17, 15) is 9.18 Å². The number of hydrogen-bond donors (Lipinski definition) is 2. The van der Waals surface area contributed by atoms with Crippen molar-refractivity contribution in [2.75, 3.05) is 25.6 Å². The molecule has 0 spiro atoms. The van der Waals surface area contributed by atoms with E-state index in [1.54, 1.807) is 25.7 Å². The molecule has 8 heteroatoms. The number of nitrogens with zero attached hydrogens (tertiary/aromatic N) is 2. The van der Waals surface area contributed by atoms with Crippen molar-refractivity contribution in [1.82, 2.24) is 14.9 Å². The van der Waals surface area contributed by atoms with Crippen molar-refractivity contribution >= 4 is 11.7 Å². The van der Waals surface area contributed by atoms with Crippen molar-refractivity contribution in [3.63, 3.8) is 0 Å². The topological polar surface area (TPSA) is 77.4 Å². The summed E-state index contributed by atoms with van der Waals surface area (Å²) in [6, 6.07) is 11.8. The van der Waals surface area contributed by atoms with Crippen LogP contribution < -0.4 is 15.4 Å². The number of carbonyl (C=O) groups excluding carboxylic acids is 1. The average molecular weight is 398 g/mol. The minimum absolute atomic E-state index is 0.114. The van der Waals surface area contributed by atoms with Crippen LogP contribution >= 0.6 is 0 Å². The number of benzene rings is 2. The highest BCUT2D eigenvalue weighted by Crippen LogP contribution is 2.21. The van der Waals surface area contributed by atoms with E-state index in [-0.39, 0.29) is 12.4 Å². The lowest BCUT2D eigenvalue weighted by molar-refractivity contribution is 0.144. The lowest BCUT2D eigenvalue weighted by Gasteiger charge is -2.11. The molecule has 3 aromatic rings. The number of methoxy groups -OCH3 is 1. The second-order valence-corrected chi connectivity index (χ2v) is 6.35. The Balaban J connectivity index is 1.50. The normalized spacial score (nSPS) is 10.6. The quantitative estimate of drug-likeness (QED) is 0.542. The Morgan fingerprint density at radius 1 is 1.17 bits per heavy atom. The molecule has 2 amide bonds. The zero-order valence-corrected chi connectivity index (χ0v) is 16.1. The van der Waals surface area contributed by atoms with E-state index in [0.717, 1.165) is 11.1 Å². The second kappa shape index (κ2) is 10.2. The number of imidazole rings is 1.